The van der Waals surface area contributed by atoms with Crippen LogP contribution in [0.25, 0.3) is 0 Å². The summed E-state index contributed by atoms with van der Waals surface area (Å²) in [4.78, 5) is 2.22. The molecule has 3 rings (SSSR count). The first-order valence-corrected chi connectivity index (χ1v) is 9.42. The smallest absolute Gasteiger partial charge is 0.0967 e. The van der Waals surface area contributed by atoms with Crippen LogP contribution < -0.4 is 0 Å². The molecule has 3 heterocycles. The lowest BCUT2D eigenvalue weighted by atomic mass is 10.1. The fourth-order valence-electron chi connectivity index (χ4n) is 2.72. The Morgan fingerprint density at radius 2 is 1.07 bits per heavy atom. The molecule has 0 aliphatic heterocycles. The van der Waals surface area contributed by atoms with Crippen molar-refractivity contribution >= 4 is 0 Å². The molecule has 10 nitrogen and oxygen atoms in total. The molecular formula is C18H30N10. The molecule has 0 aromatic carbocycles. The fourth-order valence-corrected chi connectivity index (χ4v) is 2.72. The second kappa shape index (κ2) is 7.42. The summed E-state index contributed by atoms with van der Waals surface area (Å²) in [6.07, 6.45) is 5.91. The van der Waals surface area contributed by atoms with E-state index < -0.39 is 0 Å². The minimum atomic E-state index is -0.101. The van der Waals surface area contributed by atoms with Crippen molar-refractivity contribution in [3.63, 3.8) is 0 Å². The molecule has 0 bridgehead atoms. The average Bonchev–Trinajstić information content (AvgIpc) is 3.27. The topological polar surface area (TPSA) is 95.4 Å². The Morgan fingerprint density at radius 1 is 0.679 bits per heavy atom. The second-order valence-electron chi connectivity index (χ2n) is 9.18. The molecule has 0 amide bonds. The van der Waals surface area contributed by atoms with Crippen LogP contribution in [0, 0.1) is 0 Å². The first-order chi connectivity index (χ1) is 13.0. The third-order valence-electron chi connectivity index (χ3n) is 4.26. The van der Waals surface area contributed by atoms with Crippen molar-refractivity contribution in [2.75, 3.05) is 0 Å². The number of aryl methyl sites for hydroxylation is 1. The van der Waals surface area contributed by atoms with Crippen LogP contribution in [-0.4, -0.2) is 49.9 Å². The van der Waals surface area contributed by atoms with Crippen LogP contribution in [0.5, 0.6) is 0 Å². The SMILES string of the molecule is Cn1cc(CN(Cc2cn(C(C)(C)C)nn2)Cc2cn(C(C)(C)C)nn2)nn1. The number of rotatable bonds is 6. The van der Waals surface area contributed by atoms with Crippen LogP contribution in [0.2, 0.25) is 0 Å². The van der Waals surface area contributed by atoms with Crippen molar-refractivity contribution in [3.05, 3.63) is 35.7 Å². The summed E-state index contributed by atoms with van der Waals surface area (Å²) in [5.41, 5.74) is 2.50. The predicted molar refractivity (Wildman–Crippen MR) is 104 cm³/mol. The predicted octanol–water partition coefficient (Wildman–Crippen LogP) is 1.71. The maximum absolute atomic E-state index is 4.34. The highest BCUT2D eigenvalue weighted by Crippen LogP contribution is 2.16. The van der Waals surface area contributed by atoms with E-state index in [0.717, 1.165) is 17.1 Å². The Kier molecular flexibility index (Phi) is 5.33. The molecule has 0 radical (unpaired) electrons. The quantitative estimate of drug-likeness (QED) is 0.636. The Morgan fingerprint density at radius 3 is 1.39 bits per heavy atom. The molecule has 152 valence electrons. The first kappa shape index (κ1) is 20.1. The molecule has 0 aliphatic rings. The molecule has 3 aromatic heterocycles. The van der Waals surface area contributed by atoms with E-state index in [1.807, 2.05) is 35.0 Å². The minimum Gasteiger partial charge on any atom is -0.285 e. The standard InChI is InChI=1S/C18H30N10/c1-17(2,3)27-12-15(20-23-27)10-26(9-14-8-25(7)22-19-14)11-16-13-28(24-21-16)18(4,5)6/h8,12-13H,9-11H2,1-7H3. The van der Waals surface area contributed by atoms with E-state index in [0.29, 0.717) is 19.6 Å². The van der Waals surface area contributed by atoms with E-state index in [4.69, 9.17) is 0 Å². The third-order valence-corrected chi connectivity index (χ3v) is 4.26. The number of hydrogen-bond acceptors (Lipinski definition) is 7. The largest absolute Gasteiger partial charge is 0.285 e. The maximum atomic E-state index is 4.34. The summed E-state index contributed by atoms with van der Waals surface area (Å²) >= 11 is 0. The van der Waals surface area contributed by atoms with Crippen molar-refractivity contribution in [2.24, 2.45) is 7.05 Å². The Balaban J connectivity index is 1.78. The van der Waals surface area contributed by atoms with Gasteiger partial charge in [-0.15, -0.1) is 15.3 Å². The van der Waals surface area contributed by atoms with Gasteiger partial charge in [-0.2, -0.15) is 0 Å². The van der Waals surface area contributed by atoms with Crippen molar-refractivity contribution in [3.8, 4) is 0 Å². The second-order valence-corrected chi connectivity index (χ2v) is 9.18. The lowest BCUT2D eigenvalue weighted by Gasteiger charge is -2.20. The van der Waals surface area contributed by atoms with E-state index in [9.17, 15) is 0 Å². The highest BCUT2D eigenvalue weighted by molar-refractivity contribution is 5.01. The normalized spacial score (nSPS) is 12.9. The van der Waals surface area contributed by atoms with E-state index >= 15 is 0 Å². The van der Waals surface area contributed by atoms with E-state index in [1.165, 1.54) is 0 Å². The van der Waals surface area contributed by atoms with E-state index in [2.05, 4.69) is 77.4 Å². The minimum absolute atomic E-state index is 0.101. The van der Waals surface area contributed by atoms with Gasteiger partial charge in [-0.1, -0.05) is 15.6 Å². The van der Waals surface area contributed by atoms with Gasteiger partial charge >= 0.3 is 0 Å². The maximum Gasteiger partial charge on any atom is 0.0967 e. The highest BCUT2D eigenvalue weighted by Gasteiger charge is 2.20. The van der Waals surface area contributed by atoms with Crippen LogP contribution in [-0.2, 0) is 37.8 Å². The molecule has 10 heteroatoms. The van der Waals surface area contributed by atoms with Crippen LogP contribution in [0.3, 0.4) is 0 Å². The zero-order chi connectivity index (χ0) is 20.5. The van der Waals surface area contributed by atoms with Gasteiger partial charge in [0.15, 0.2) is 0 Å². The fraction of sp³-hybridized carbons (Fsp3) is 0.667. The molecule has 0 aliphatic carbocycles. The van der Waals surface area contributed by atoms with Crippen molar-refractivity contribution in [2.45, 2.75) is 72.3 Å². The van der Waals surface area contributed by atoms with Crippen LogP contribution >= 0.6 is 0 Å². The van der Waals surface area contributed by atoms with Gasteiger partial charge < -0.3 is 0 Å². The van der Waals surface area contributed by atoms with E-state index in [-0.39, 0.29) is 11.1 Å². The number of hydrogen-bond donors (Lipinski definition) is 0. The summed E-state index contributed by atoms with van der Waals surface area (Å²) in [6, 6.07) is 0. The summed E-state index contributed by atoms with van der Waals surface area (Å²) in [5, 5.41) is 25.5. The Hall–Kier alpha value is -2.62. The summed E-state index contributed by atoms with van der Waals surface area (Å²) in [6.45, 7) is 14.5. The van der Waals surface area contributed by atoms with Gasteiger partial charge in [0.2, 0.25) is 0 Å². The van der Waals surface area contributed by atoms with Gasteiger partial charge in [-0.05, 0) is 41.5 Å². The Bertz CT molecular complexity index is 851. The molecular weight excluding hydrogens is 356 g/mol. The zero-order valence-electron chi connectivity index (χ0n) is 17.8. The molecule has 0 saturated carbocycles. The van der Waals surface area contributed by atoms with Crippen LogP contribution in [0.15, 0.2) is 18.6 Å². The van der Waals surface area contributed by atoms with Crippen molar-refractivity contribution in [1.29, 1.82) is 0 Å². The molecule has 0 saturated heterocycles. The highest BCUT2D eigenvalue weighted by atomic mass is 15.5. The monoisotopic (exact) mass is 386 g/mol. The van der Waals surface area contributed by atoms with Gasteiger partial charge in [0, 0.05) is 32.9 Å². The number of nitrogens with zero attached hydrogens (tertiary/aromatic N) is 10. The van der Waals surface area contributed by atoms with Gasteiger partial charge in [0.1, 0.15) is 0 Å². The van der Waals surface area contributed by atoms with E-state index in [1.54, 1.807) is 4.68 Å². The molecule has 0 N–H and O–H groups in total. The average molecular weight is 387 g/mol. The lowest BCUT2D eigenvalue weighted by Crippen LogP contribution is -2.24. The molecule has 3 aromatic rings. The van der Waals surface area contributed by atoms with Crippen LogP contribution in [0.1, 0.15) is 58.6 Å². The van der Waals surface area contributed by atoms with Gasteiger partial charge in [-0.3, -0.25) is 9.58 Å². The van der Waals surface area contributed by atoms with Crippen molar-refractivity contribution < 1.29 is 0 Å². The van der Waals surface area contributed by atoms with Crippen molar-refractivity contribution in [1.82, 2.24) is 49.9 Å². The Labute approximate surface area is 165 Å². The lowest BCUT2D eigenvalue weighted by molar-refractivity contribution is 0.238. The molecule has 0 atom stereocenters. The molecule has 0 fully saturated rings. The van der Waals surface area contributed by atoms with Gasteiger partial charge in [0.05, 0.1) is 40.6 Å². The summed E-state index contributed by atoms with van der Waals surface area (Å²) in [5.74, 6) is 0. The van der Waals surface area contributed by atoms with Gasteiger partial charge in [0.25, 0.3) is 0 Å². The molecule has 28 heavy (non-hydrogen) atoms. The molecule has 0 unspecified atom stereocenters. The first-order valence-electron chi connectivity index (χ1n) is 9.42. The summed E-state index contributed by atoms with van der Waals surface area (Å²) in [7, 11) is 1.87. The molecule has 0 spiro atoms. The summed E-state index contributed by atoms with van der Waals surface area (Å²) < 4.78 is 5.48. The van der Waals surface area contributed by atoms with Gasteiger partial charge in [-0.25, -0.2) is 9.36 Å². The zero-order valence-corrected chi connectivity index (χ0v) is 17.8. The number of aromatic nitrogens is 9. The van der Waals surface area contributed by atoms with Crippen LogP contribution in [0.4, 0.5) is 0 Å². The third kappa shape index (κ3) is 5.00.